The largest absolute Gasteiger partial charge is 0.489 e. The summed E-state index contributed by atoms with van der Waals surface area (Å²) in [7, 11) is 0. The standard InChI is InChI=1S/C20H24N2OS/c1-5-11-23-19-8-6-7-18(13-19)22-20(24)21-16(4)17-10-9-14(2)15(3)12-17/h5-10,12-13,16H,1,11H2,2-4H3,(H2,21,22,24). The third-order valence-corrected chi connectivity index (χ3v) is 4.06. The molecule has 3 nitrogen and oxygen atoms in total. The number of nitrogens with one attached hydrogen (secondary N) is 2. The highest BCUT2D eigenvalue weighted by Gasteiger charge is 2.08. The van der Waals surface area contributed by atoms with Crippen molar-refractivity contribution in [2.24, 2.45) is 0 Å². The highest BCUT2D eigenvalue weighted by atomic mass is 32.1. The predicted octanol–water partition coefficient (Wildman–Crippen LogP) is 4.92. The Morgan fingerprint density at radius 2 is 2.00 bits per heavy atom. The summed E-state index contributed by atoms with van der Waals surface area (Å²) in [5, 5.41) is 7.10. The van der Waals surface area contributed by atoms with E-state index in [1.807, 2.05) is 24.3 Å². The van der Waals surface area contributed by atoms with Gasteiger partial charge in [-0.05, 0) is 61.8 Å². The van der Waals surface area contributed by atoms with E-state index in [2.05, 4.69) is 56.2 Å². The topological polar surface area (TPSA) is 33.3 Å². The molecule has 0 radical (unpaired) electrons. The summed E-state index contributed by atoms with van der Waals surface area (Å²) in [5.41, 5.74) is 4.68. The lowest BCUT2D eigenvalue weighted by atomic mass is 10.0. The minimum absolute atomic E-state index is 0.129. The molecule has 1 unspecified atom stereocenters. The summed E-state index contributed by atoms with van der Waals surface area (Å²) in [6, 6.07) is 14.3. The van der Waals surface area contributed by atoms with Gasteiger partial charge in [0.25, 0.3) is 0 Å². The number of hydrogen-bond donors (Lipinski definition) is 2. The van der Waals surface area contributed by atoms with Gasteiger partial charge in [-0.15, -0.1) is 0 Å². The molecule has 0 heterocycles. The highest BCUT2D eigenvalue weighted by molar-refractivity contribution is 7.80. The molecular formula is C20H24N2OS. The maximum absolute atomic E-state index is 5.53. The molecule has 0 saturated carbocycles. The SMILES string of the molecule is C=CCOc1cccc(NC(=S)NC(C)c2ccc(C)c(C)c2)c1. The van der Waals surface area contributed by atoms with Crippen molar-refractivity contribution in [2.75, 3.05) is 11.9 Å². The maximum atomic E-state index is 5.53. The van der Waals surface area contributed by atoms with Crippen molar-refractivity contribution < 1.29 is 4.74 Å². The Hall–Kier alpha value is -2.33. The number of ether oxygens (including phenoxy) is 1. The zero-order valence-corrected chi connectivity index (χ0v) is 15.2. The van der Waals surface area contributed by atoms with Gasteiger partial charge in [0.15, 0.2) is 5.11 Å². The Morgan fingerprint density at radius 1 is 1.21 bits per heavy atom. The molecule has 0 aliphatic heterocycles. The van der Waals surface area contributed by atoms with Gasteiger partial charge in [0.1, 0.15) is 12.4 Å². The molecule has 2 rings (SSSR count). The van der Waals surface area contributed by atoms with Crippen LogP contribution in [0.5, 0.6) is 5.75 Å². The molecule has 0 aromatic heterocycles. The van der Waals surface area contributed by atoms with E-state index in [4.69, 9.17) is 17.0 Å². The molecule has 24 heavy (non-hydrogen) atoms. The lowest BCUT2D eigenvalue weighted by molar-refractivity contribution is 0.363. The van der Waals surface area contributed by atoms with Crippen molar-refractivity contribution in [3.63, 3.8) is 0 Å². The van der Waals surface area contributed by atoms with Gasteiger partial charge in [0.2, 0.25) is 0 Å². The average molecular weight is 340 g/mol. The summed E-state index contributed by atoms with van der Waals surface area (Å²) >= 11 is 5.42. The van der Waals surface area contributed by atoms with Gasteiger partial charge in [-0.3, -0.25) is 0 Å². The fraction of sp³-hybridized carbons (Fsp3) is 0.250. The van der Waals surface area contributed by atoms with E-state index in [1.165, 1.54) is 16.7 Å². The molecule has 0 spiro atoms. The third kappa shape index (κ3) is 5.10. The van der Waals surface area contributed by atoms with Crippen molar-refractivity contribution in [1.82, 2.24) is 5.32 Å². The Labute approximate surface area is 149 Å². The number of thiocarbonyl (C=S) groups is 1. The molecule has 2 aromatic rings. The van der Waals surface area contributed by atoms with Crippen molar-refractivity contribution in [2.45, 2.75) is 26.8 Å². The van der Waals surface area contributed by atoms with E-state index in [0.29, 0.717) is 11.7 Å². The normalized spacial score (nSPS) is 11.5. The van der Waals surface area contributed by atoms with Crippen LogP contribution in [0.1, 0.15) is 29.7 Å². The molecule has 0 fully saturated rings. The van der Waals surface area contributed by atoms with Crippen LogP contribution in [0.3, 0.4) is 0 Å². The lowest BCUT2D eigenvalue weighted by Crippen LogP contribution is -2.30. The first-order valence-electron chi connectivity index (χ1n) is 7.98. The summed E-state index contributed by atoms with van der Waals surface area (Å²) in [6.45, 7) is 10.5. The summed E-state index contributed by atoms with van der Waals surface area (Å²) < 4.78 is 5.53. The first-order valence-corrected chi connectivity index (χ1v) is 8.39. The molecule has 0 aliphatic carbocycles. The Kier molecular flexibility index (Phi) is 6.38. The molecule has 4 heteroatoms. The summed E-state index contributed by atoms with van der Waals surface area (Å²) in [5.74, 6) is 0.782. The second-order valence-electron chi connectivity index (χ2n) is 5.79. The van der Waals surface area contributed by atoms with Crippen LogP contribution in [-0.2, 0) is 0 Å². The monoisotopic (exact) mass is 340 g/mol. The molecule has 0 saturated heterocycles. The second kappa shape index (κ2) is 8.50. The van der Waals surface area contributed by atoms with Crippen LogP contribution in [0.2, 0.25) is 0 Å². The van der Waals surface area contributed by atoms with Crippen LogP contribution in [-0.4, -0.2) is 11.7 Å². The zero-order valence-electron chi connectivity index (χ0n) is 14.4. The number of anilines is 1. The second-order valence-corrected chi connectivity index (χ2v) is 6.20. The van der Waals surface area contributed by atoms with Gasteiger partial charge in [0.05, 0.1) is 6.04 Å². The summed E-state index contributed by atoms with van der Waals surface area (Å²) in [4.78, 5) is 0. The number of benzene rings is 2. The molecule has 126 valence electrons. The van der Waals surface area contributed by atoms with E-state index >= 15 is 0 Å². The van der Waals surface area contributed by atoms with Gasteiger partial charge < -0.3 is 15.4 Å². The minimum atomic E-state index is 0.129. The van der Waals surface area contributed by atoms with Gasteiger partial charge in [-0.25, -0.2) is 0 Å². The van der Waals surface area contributed by atoms with Crippen molar-refractivity contribution in [1.29, 1.82) is 0 Å². The Balaban J connectivity index is 1.97. The van der Waals surface area contributed by atoms with E-state index in [9.17, 15) is 0 Å². The first-order chi connectivity index (χ1) is 11.5. The van der Waals surface area contributed by atoms with Crippen molar-refractivity contribution >= 4 is 23.0 Å². The fourth-order valence-corrected chi connectivity index (χ4v) is 2.59. The number of aryl methyl sites for hydroxylation is 2. The first kappa shape index (κ1) is 18.0. The van der Waals surface area contributed by atoms with E-state index in [1.54, 1.807) is 6.08 Å². The van der Waals surface area contributed by atoms with Crippen LogP contribution in [0.25, 0.3) is 0 Å². The van der Waals surface area contributed by atoms with E-state index in [0.717, 1.165) is 11.4 Å². The highest BCUT2D eigenvalue weighted by Crippen LogP contribution is 2.19. The smallest absolute Gasteiger partial charge is 0.171 e. The lowest BCUT2D eigenvalue weighted by Gasteiger charge is -2.18. The predicted molar refractivity (Wildman–Crippen MR) is 106 cm³/mol. The number of hydrogen-bond acceptors (Lipinski definition) is 2. The Bertz CT molecular complexity index is 727. The van der Waals surface area contributed by atoms with Crippen LogP contribution in [0.15, 0.2) is 55.1 Å². The fourth-order valence-electron chi connectivity index (χ4n) is 2.30. The third-order valence-electron chi connectivity index (χ3n) is 3.84. The van der Waals surface area contributed by atoms with Crippen LogP contribution in [0.4, 0.5) is 5.69 Å². The van der Waals surface area contributed by atoms with Crippen LogP contribution >= 0.6 is 12.2 Å². The molecule has 1 atom stereocenters. The minimum Gasteiger partial charge on any atom is -0.489 e. The van der Waals surface area contributed by atoms with Gasteiger partial charge in [0, 0.05) is 11.8 Å². The van der Waals surface area contributed by atoms with Gasteiger partial charge in [-0.1, -0.05) is 36.9 Å². The zero-order chi connectivity index (χ0) is 17.5. The maximum Gasteiger partial charge on any atom is 0.171 e. The van der Waals surface area contributed by atoms with Crippen LogP contribution < -0.4 is 15.4 Å². The van der Waals surface area contributed by atoms with Crippen LogP contribution in [0, 0.1) is 13.8 Å². The number of rotatable bonds is 6. The van der Waals surface area contributed by atoms with E-state index in [-0.39, 0.29) is 6.04 Å². The molecule has 0 amide bonds. The van der Waals surface area contributed by atoms with Gasteiger partial charge in [-0.2, -0.15) is 0 Å². The van der Waals surface area contributed by atoms with Gasteiger partial charge >= 0.3 is 0 Å². The van der Waals surface area contributed by atoms with Crippen molar-refractivity contribution in [3.05, 3.63) is 71.8 Å². The molecular weight excluding hydrogens is 316 g/mol. The molecule has 2 aromatic carbocycles. The quantitative estimate of drug-likeness (QED) is 0.578. The molecule has 0 bridgehead atoms. The van der Waals surface area contributed by atoms with Crippen molar-refractivity contribution in [3.8, 4) is 5.75 Å². The molecule has 2 N–H and O–H groups in total. The summed E-state index contributed by atoms with van der Waals surface area (Å²) in [6.07, 6.45) is 1.72. The van der Waals surface area contributed by atoms with E-state index < -0.39 is 0 Å². The molecule has 0 aliphatic rings. The average Bonchev–Trinajstić information content (AvgIpc) is 2.55. The Morgan fingerprint density at radius 3 is 2.71 bits per heavy atom.